The van der Waals surface area contributed by atoms with E-state index in [4.69, 9.17) is 28.9 Å². The summed E-state index contributed by atoms with van der Waals surface area (Å²) in [6.07, 6.45) is -6.67. The van der Waals surface area contributed by atoms with E-state index in [0.717, 1.165) is 0 Å². The summed E-state index contributed by atoms with van der Waals surface area (Å²) in [6, 6.07) is -1.28. The maximum Gasteiger partial charge on any atom is 0.636 e. The molecule has 3 aliphatic rings. The van der Waals surface area contributed by atoms with Gasteiger partial charge in [-0.05, 0) is 21.0 Å². The summed E-state index contributed by atoms with van der Waals surface area (Å²) in [5, 5.41) is 56.1. The lowest BCUT2D eigenvalue weighted by molar-refractivity contribution is -0.414. The van der Waals surface area contributed by atoms with Crippen LogP contribution in [0.4, 0.5) is 0 Å². The average molecular weight is 378 g/mol. The summed E-state index contributed by atoms with van der Waals surface area (Å²) in [7, 11) is 1.03. The van der Waals surface area contributed by atoms with E-state index < -0.39 is 68.1 Å². The SMILES string of the molecule is CNC1C(O)C(NC)C2OC3C(OC(C)C[C@@]3(O)OB(O)O)OC2C1O. The molecule has 0 bridgehead atoms. The molecule has 26 heavy (non-hydrogen) atoms. The second-order valence-electron chi connectivity index (χ2n) is 7.04. The first-order chi connectivity index (χ1) is 12.2. The van der Waals surface area contributed by atoms with Crippen molar-refractivity contribution < 1.29 is 44.2 Å². The minimum absolute atomic E-state index is 0.0823. The molecule has 7 N–H and O–H groups in total. The van der Waals surface area contributed by atoms with E-state index in [1.54, 1.807) is 21.0 Å². The van der Waals surface area contributed by atoms with Crippen molar-refractivity contribution in [1.29, 1.82) is 0 Å². The first kappa shape index (κ1) is 20.4. The molecule has 3 rings (SSSR count). The molecule has 2 saturated heterocycles. The number of hydrogen-bond donors (Lipinski definition) is 7. The Bertz CT molecular complexity index is 499. The van der Waals surface area contributed by atoms with Gasteiger partial charge in [0, 0.05) is 6.42 Å². The first-order valence-electron chi connectivity index (χ1n) is 8.65. The Kier molecular flexibility index (Phi) is 5.92. The van der Waals surface area contributed by atoms with Crippen molar-refractivity contribution in [3.8, 4) is 0 Å². The molecule has 2 heterocycles. The zero-order valence-electron chi connectivity index (χ0n) is 14.8. The van der Waals surface area contributed by atoms with Crippen LogP contribution in [0.1, 0.15) is 13.3 Å². The van der Waals surface area contributed by atoms with E-state index in [1.165, 1.54) is 0 Å². The quantitative estimate of drug-likeness (QED) is 0.188. The third-order valence-electron chi connectivity index (χ3n) is 5.33. The Hall–Kier alpha value is -0.375. The van der Waals surface area contributed by atoms with Crippen LogP contribution in [0.3, 0.4) is 0 Å². The van der Waals surface area contributed by atoms with Crippen molar-refractivity contribution in [3.05, 3.63) is 0 Å². The van der Waals surface area contributed by atoms with Crippen molar-refractivity contribution >= 4 is 7.32 Å². The van der Waals surface area contributed by atoms with Gasteiger partial charge in [0.05, 0.1) is 24.3 Å². The van der Waals surface area contributed by atoms with Crippen LogP contribution in [0.15, 0.2) is 0 Å². The minimum Gasteiger partial charge on any atom is -0.402 e. The molecule has 11 nitrogen and oxygen atoms in total. The third-order valence-corrected chi connectivity index (χ3v) is 5.33. The number of hydrogen-bond acceptors (Lipinski definition) is 11. The van der Waals surface area contributed by atoms with Crippen molar-refractivity contribution in [2.24, 2.45) is 0 Å². The number of aliphatic hydroxyl groups is 3. The summed E-state index contributed by atoms with van der Waals surface area (Å²) in [5.41, 5.74) is 0. The number of fused-ring (bicyclic) bond motifs is 2. The molecule has 2 aliphatic heterocycles. The van der Waals surface area contributed by atoms with E-state index >= 15 is 0 Å². The van der Waals surface area contributed by atoms with Crippen LogP contribution in [0.25, 0.3) is 0 Å². The second-order valence-corrected chi connectivity index (χ2v) is 7.04. The largest absolute Gasteiger partial charge is 0.636 e. The van der Waals surface area contributed by atoms with Crippen LogP contribution in [-0.2, 0) is 18.9 Å². The fourth-order valence-corrected chi connectivity index (χ4v) is 4.20. The predicted molar refractivity (Wildman–Crippen MR) is 86.4 cm³/mol. The van der Waals surface area contributed by atoms with Gasteiger partial charge in [-0.1, -0.05) is 0 Å². The van der Waals surface area contributed by atoms with Gasteiger partial charge in [-0.3, -0.25) is 0 Å². The van der Waals surface area contributed by atoms with Gasteiger partial charge in [0.1, 0.15) is 18.3 Å². The summed E-state index contributed by atoms with van der Waals surface area (Å²) in [4.78, 5) is 0. The second kappa shape index (κ2) is 7.56. The highest BCUT2D eigenvalue weighted by Crippen LogP contribution is 2.41. The topological polar surface area (TPSA) is 162 Å². The summed E-state index contributed by atoms with van der Waals surface area (Å²) in [5.74, 6) is -2.07. The molecule has 0 aromatic heterocycles. The fourth-order valence-electron chi connectivity index (χ4n) is 4.20. The highest BCUT2D eigenvalue weighted by Gasteiger charge is 2.61. The predicted octanol–water partition coefficient (Wildman–Crippen LogP) is -4.14. The van der Waals surface area contributed by atoms with Crippen LogP contribution in [0.5, 0.6) is 0 Å². The highest BCUT2D eigenvalue weighted by molar-refractivity contribution is 6.32. The van der Waals surface area contributed by atoms with Crippen LogP contribution in [0.2, 0.25) is 0 Å². The van der Waals surface area contributed by atoms with Gasteiger partial charge in [-0.25, -0.2) is 0 Å². The molecule has 9 unspecified atom stereocenters. The lowest BCUT2D eigenvalue weighted by Gasteiger charge is -2.56. The van der Waals surface area contributed by atoms with Crippen LogP contribution < -0.4 is 10.6 Å². The maximum atomic E-state index is 10.8. The summed E-state index contributed by atoms with van der Waals surface area (Å²) >= 11 is 0. The molecule has 0 radical (unpaired) electrons. The Morgan fingerprint density at radius 3 is 2.23 bits per heavy atom. The van der Waals surface area contributed by atoms with Gasteiger partial charge >= 0.3 is 7.32 Å². The van der Waals surface area contributed by atoms with Crippen LogP contribution in [0, 0.1) is 0 Å². The lowest BCUT2D eigenvalue weighted by atomic mass is 9.80. The molecule has 150 valence electrons. The number of nitrogens with one attached hydrogen (secondary N) is 2. The number of rotatable bonds is 4. The van der Waals surface area contributed by atoms with Crippen LogP contribution in [-0.4, -0.2) is 108 Å². The zero-order chi connectivity index (χ0) is 19.2. The Morgan fingerprint density at radius 1 is 1.00 bits per heavy atom. The Morgan fingerprint density at radius 2 is 1.65 bits per heavy atom. The van der Waals surface area contributed by atoms with E-state index in [1.807, 2.05) is 0 Å². The van der Waals surface area contributed by atoms with Gasteiger partial charge in [0.25, 0.3) is 0 Å². The van der Waals surface area contributed by atoms with E-state index in [9.17, 15) is 15.3 Å². The molecule has 0 aromatic rings. The zero-order valence-corrected chi connectivity index (χ0v) is 14.8. The maximum absolute atomic E-state index is 10.8. The van der Waals surface area contributed by atoms with Crippen molar-refractivity contribution in [3.63, 3.8) is 0 Å². The standard InChI is InChI=1S/C14H27BN2O9/c1-5-4-14(20,26-15(21)22)12-13(23-5)25-11-9(19)6(16-2)8(18)7(17-3)10(11)24-12/h5-13,16-22H,4H2,1-3H3/t5?,6?,7?,8?,9?,10?,11?,12?,13?,14-/m1/s1. The molecular formula is C14H27BN2O9. The highest BCUT2D eigenvalue weighted by atomic mass is 16.8. The van der Waals surface area contributed by atoms with E-state index in [2.05, 4.69) is 10.6 Å². The molecule has 12 heteroatoms. The normalized spacial score (nSPS) is 51.5. The van der Waals surface area contributed by atoms with E-state index in [0.29, 0.717) is 0 Å². The lowest BCUT2D eigenvalue weighted by Crippen LogP contribution is -2.76. The molecular weight excluding hydrogens is 351 g/mol. The average Bonchev–Trinajstić information content (AvgIpc) is 2.54. The molecule has 10 atom stereocenters. The molecule has 1 saturated carbocycles. The van der Waals surface area contributed by atoms with Gasteiger partial charge in [-0.2, -0.15) is 0 Å². The molecule has 0 spiro atoms. The first-order valence-corrected chi connectivity index (χ1v) is 8.65. The number of ether oxygens (including phenoxy) is 3. The molecule has 0 amide bonds. The molecule has 0 aromatic carbocycles. The van der Waals surface area contributed by atoms with Crippen molar-refractivity contribution in [2.45, 2.75) is 74.1 Å². The van der Waals surface area contributed by atoms with Crippen molar-refractivity contribution in [2.75, 3.05) is 14.1 Å². The Labute approximate surface area is 151 Å². The minimum atomic E-state index is -2.22. The number of likely N-dealkylation sites (N-methyl/N-ethyl adjacent to an activating group) is 2. The third kappa shape index (κ3) is 3.40. The summed E-state index contributed by atoms with van der Waals surface area (Å²) in [6.45, 7) is 1.66. The van der Waals surface area contributed by atoms with E-state index in [-0.39, 0.29) is 6.42 Å². The Balaban J connectivity index is 1.89. The number of aliphatic hydroxyl groups excluding tert-OH is 2. The van der Waals surface area contributed by atoms with Crippen molar-refractivity contribution in [1.82, 2.24) is 10.6 Å². The molecule has 1 aliphatic carbocycles. The summed E-state index contributed by atoms with van der Waals surface area (Å²) < 4.78 is 22.4. The van der Waals surface area contributed by atoms with Gasteiger partial charge in [-0.15, -0.1) is 0 Å². The van der Waals surface area contributed by atoms with Gasteiger partial charge in [0.2, 0.25) is 0 Å². The van der Waals surface area contributed by atoms with Gasteiger partial charge < -0.3 is 54.9 Å². The van der Waals surface area contributed by atoms with Crippen LogP contribution >= 0.6 is 0 Å². The molecule has 3 fully saturated rings. The monoisotopic (exact) mass is 378 g/mol. The smallest absolute Gasteiger partial charge is 0.402 e. The fraction of sp³-hybridized carbons (Fsp3) is 1.00. The van der Waals surface area contributed by atoms with Gasteiger partial charge in [0.15, 0.2) is 18.2 Å².